The topological polar surface area (TPSA) is 105 Å². The Morgan fingerprint density at radius 3 is 2.28 bits per heavy atom. The Morgan fingerprint density at radius 2 is 1.65 bits per heavy atom. The standard InChI is InChI=1S/C36H43FN4O4S/c37-36(14-2-15-36)16-13-31(42)41(24-34-17-20-35(21-18-34,22-19-34)33-38-32(39-45-33)26-5-6-26)29-4-1-3-27(23-29)25-7-9-28(10-8-25)40-46(43,44)30-11-12-30/h1,3-4,7-10,23,26,30,40H,2,5-6,11-22,24H2. The molecule has 6 aliphatic rings. The fraction of sp³-hybridized carbons (Fsp3) is 0.583. The molecule has 3 aromatic rings. The Kier molecular flexibility index (Phi) is 7.31. The minimum Gasteiger partial charge on any atom is -0.339 e. The Morgan fingerprint density at radius 1 is 0.935 bits per heavy atom. The van der Waals surface area contributed by atoms with E-state index >= 15 is 4.39 Å². The van der Waals surface area contributed by atoms with Crippen molar-refractivity contribution in [3.05, 3.63) is 60.2 Å². The van der Waals surface area contributed by atoms with Crippen LogP contribution in [-0.2, 0) is 20.2 Å². The third-order valence-electron chi connectivity index (χ3n) is 11.7. The van der Waals surface area contributed by atoms with Gasteiger partial charge in [0.1, 0.15) is 5.67 Å². The van der Waals surface area contributed by atoms with E-state index in [2.05, 4.69) is 9.88 Å². The first-order valence-electron chi connectivity index (χ1n) is 17.2. The molecule has 0 atom stereocenters. The van der Waals surface area contributed by atoms with Crippen LogP contribution in [0, 0.1) is 5.41 Å². The lowest BCUT2D eigenvalue weighted by Gasteiger charge is -2.53. The number of alkyl halides is 1. The number of halogens is 1. The molecule has 0 saturated heterocycles. The van der Waals surface area contributed by atoms with E-state index in [0.717, 1.165) is 86.3 Å². The molecule has 0 spiro atoms. The molecule has 1 aromatic heterocycles. The average Bonchev–Trinajstić information content (AvgIpc) is 4.01. The van der Waals surface area contributed by atoms with Gasteiger partial charge in [-0.25, -0.2) is 12.8 Å². The van der Waals surface area contributed by atoms with E-state index in [0.29, 0.717) is 43.8 Å². The van der Waals surface area contributed by atoms with Crippen molar-refractivity contribution in [3.8, 4) is 11.1 Å². The first-order valence-corrected chi connectivity index (χ1v) is 18.7. The lowest BCUT2D eigenvalue weighted by Crippen LogP contribution is -2.51. The molecule has 10 heteroatoms. The molecule has 6 fully saturated rings. The Hall–Kier alpha value is -3.27. The summed E-state index contributed by atoms with van der Waals surface area (Å²) in [6.07, 6.45) is 12.1. The van der Waals surface area contributed by atoms with Gasteiger partial charge >= 0.3 is 0 Å². The molecule has 6 aliphatic carbocycles. The summed E-state index contributed by atoms with van der Waals surface area (Å²) >= 11 is 0. The van der Waals surface area contributed by atoms with Crippen molar-refractivity contribution in [2.45, 2.75) is 119 Å². The zero-order valence-electron chi connectivity index (χ0n) is 26.3. The molecule has 1 amide bonds. The number of amides is 1. The van der Waals surface area contributed by atoms with Gasteiger partial charge in [-0.1, -0.05) is 29.4 Å². The summed E-state index contributed by atoms with van der Waals surface area (Å²) in [5.74, 6) is 2.13. The number of nitrogens with zero attached hydrogens (tertiary/aromatic N) is 3. The van der Waals surface area contributed by atoms with Gasteiger partial charge in [-0.2, -0.15) is 4.98 Å². The smallest absolute Gasteiger partial charge is 0.235 e. The summed E-state index contributed by atoms with van der Waals surface area (Å²) in [5, 5.41) is 4.02. The highest BCUT2D eigenvalue weighted by Gasteiger charge is 2.53. The summed E-state index contributed by atoms with van der Waals surface area (Å²) in [7, 11) is -3.33. The van der Waals surface area contributed by atoms with Crippen molar-refractivity contribution < 1.29 is 22.1 Å². The summed E-state index contributed by atoms with van der Waals surface area (Å²) in [6, 6.07) is 15.4. The number of carbonyl (C=O) groups excluding carboxylic acids is 1. The van der Waals surface area contributed by atoms with Gasteiger partial charge in [0.25, 0.3) is 0 Å². The molecule has 2 aromatic carbocycles. The maximum Gasteiger partial charge on any atom is 0.235 e. The third-order valence-corrected chi connectivity index (χ3v) is 13.5. The normalized spacial score (nSPS) is 26.8. The van der Waals surface area contributed by atoms with Crippen LogP contribution in [-0.4, -0.2) is 41.9 Å². The highest BCUT2D eigenvalue weighted by atomic mass is 32.2. The van der Waals surface area contributed by atoms with Gasteiger partial charge in [0.15, 0.2) is 5.82 Å². The fourth-order valence-corrected chi connectivity index (χ4v) is 9.31. The van der Waals surface area contributed by atoms with E-state index in [1.165, 1.54) is 0 Å². The lowest BCUT2D eigenvalue weighted by molar-refractivity contribution is -0.120. The molecule has 0 aliphatic heterocycles. The molecule has 46 heavy (non-hydrogen) atoms. The van der Waals surface area contributed by atoms with Gasteiger partial charge in [-0.05, 0) is 131 Å². The van der Waals surface area contributed by atoms with Gasteiger partial charge in [0, 0.05) is 35.7 Å². The maximum absolute atomic E-state index is 15.0. The third kappa shape index (κ3) is 5.86. The van der Waals surface area contributed by atoms with Gasteiger partial charge < -0.3 is 9.42 Å². The molecule has 244 valence electrons. The van der Waals surface area contributed by atoms with E-state index in [1.807, 2.05) is 41.3 Å². The van der Waals surface area contributed by atoms with Crippen LogP contribution < -0.4 is 9.62 Å². The SMILES string of the molecule is O=C(CCC1(F)CCC1)N(CC12CCC(c3nc(C4CC4)no3)(CC1)CC2)c1cccc(-c2ccc(NS(=O)(=O)C3CC3)cc2)c1. The maximum atomic E-state index is 15.0. The Bertz CT molecular complexity index is 1700. The van der Waals surface area contributed by atoms with E-state index in [4.69, 9.17) is 9.51 Å². The molecule has 0 radical (unpaired) electrons. The van der Waals surface area contributed by atoms with Crippen LogP contribution >= 0.6 is 0 Å². The molecule has 1 N–H and O–H groups in total. The quantitative estimate of drug-likeness (QED) is 0.215. The molecule has 0 unspecified atom stereocenters. The largest absolute Gasteiger partial charge is 0.339 e. The van der Waals surface area contributed by atoms with Gasteiger partial charge in [-0.15, -0.1) is 0 Å². The second-order valence-electron chi connectivity index (χ2n) is 15.0. The van der Waals surface area contributed by atoms with Crippen LogP contribution in [0.4, 0.5) is 15.8 Å². The van der Waals surface area contributed by atoms with Crippen molar-refractivity contribution in [2.75, 3.05) is 16.2 Å². The second kappa shape index (κ2) is 11.2. The minimum absolute atomic E-state index is 0.00298. The number of benzene rings is 2. The molecule has 2 bridgehead atoms. The van der Waals surface area contributed by atoms with E-state index in [9.17, 15) is 13.2 Å². The van der Waals surface area contributed by atoms with Crippen molar-refractivity contribution >= 4 is 27.3 Å². The molecular weight excluding hydrogens is 603 g/mol. The molecule has 8 nitrogen and oxygen atoms in total. The number of sulfonamides is 1. The molecule has 9 rings (SSSR count). The molecular formula is C36H43FN4O4S. The van der Waals surface area contributed by atoms with Crippen LogP contribution in [0.15, 0.2) is 53.1 Å². The summed E-state index contributed by atoms with van der Waals surface area (Å²) in [5.41, 5.74) is 1.99. The van der Waals surface area contributed by atoms with Crippen LogP contribution in [0.1, 0.15) is 114 Å². The monoisotopic (exact) mass is 646 g/mol. The summed E-state index contributed by atoms with van der Waals surface area (Å²) < 4.78 is 48.3. The number of rotatable bonds is 12. The zero-order valence-corrected chi connectivity index (χ0v) is 27.2. The highest BCUT2D eigenvalue weighted by Crippen LogP contribution is 2.58. The molecule has 6 saturated carbocycles. The first kappa shape index (κ1) is 30.1. The van der Waals surface area contributed by atoms with E-state index in [-0.39, 0.29) is 34.8 Å². The summed E-state index contributed by atoms with van der Waals surface area (Å²) in [4.78, 5) is 20.8. The number of fused-ring (bicyclic) bond motifs is 3. The van der Waals surface area contributed by atoms with Crippen LogP contribution in [0.5, 0.6) is 0 Å². The Labute approximate surface area is 270 Å². The van der Waals surface area contributed by atoms with Crippen molar-refractivity contribution in [1.82, 2.24) is 10.1 Å². The highest BCUT2D eigenvalue weighted by molar-refractivity contribution is 7.93. The Balaban J connectivity index is 1.02. The van der Waals surface area contributed by atoms with E-state index in [1.54, 1.807) is 12.1 Å². The number of carbonyl (C=O) groups is 1. The predicted molar refractivity (Wildman–Crippen MR) is 175 cm³/mol. The number of hydrogen-bond donors (Lipinski definition) is 1. The van der Waals surface area contributed by atoms with Crippen molar-refractivity contribution in [3.63, 3.8) is 0 Å². The van der Waals surface area contributed by atoms with E-state index < -0.39 is 15.7 Å². The second-order valence-corrected chi connectivity index (χ2v) is 16.9. The van der Waals surface area contributed by atoms with Crippen LogP contribution in [0.2, 0.25) is 0 Å². The van der Waals surface area contributed by atoms with Crippen LogP contribution in [0.3, 0.4) is 0 Å². The van der Waals surface area contributed by atoms with Crippen molar-refractivity contribution in [1.29, 1.82) is 0 Å². The van der Waals surface area contributed by atoms with Gasteiger partial charge in [0.2, 0.25) is 21.8 Å². The predicted octanol–water partition coefficient (Wildman–Crippen LogP) is 7.82. The zero-order chi connectivity index (χ0) is 31.6. The average molecular weight is 647 g/mol. The van der Waals surface area contributed by atoms with Crippen LogP contribution in [0.25, 0.3) is 11.1 Å². The van der Waals surface area contributed by atoms with Gasteiger partial charge in [0.05, 0.1) is 5.25 Å². The van der Waals surface area contributed by atoms with Gasteiger partial charge in [-0.3, -0.25) is 9.52 Å². The number of aromatic nitrogens is 2. The minimum atomic E-state index is -3.33. The molecule has 1 heterocycles. The first-order chi connectivity index (χ1) is 22.1. The number of anilines is 2. The summed E-state index contributed by atoms with van der Waals surface area (Å²) in [6.45, 7) is 0.615. The lowest BCUT2D eigenvalue weighted by atomic mass is 9.53. The number of hydrogen-bond acceptors (Lipinski definition) is 6. The fourth-order valence-electron chi connectivity index (χ4n) is 7.92. The van der Waals surface area contributed by atoms with Crippen molar-refractivity contribution in [2.24, 2.45) is 5.41 Å². The number of nitrogens with one attached hydrogen (secondary N) is 1.